The van der Waals surface area contributed by atoms with Gasteiger partial charge in [-0.05, 0) is 18.2 Å². The molecule has 1 aromatic heterocycles. The van der Waals surface area contributed by atoms with Gasteiger partial charge in [0.05, 0.1) is 11.6 Å². The number of phenols is 2. The fourth-order valence-corrected chi connectivity index (χ4v) is 3.04. The zero-order valence-electron chi connectivity index (χ0n) is 11.4. The Kier molecular flexibility index (Phi) is 2.83. The molecule has 0 spiro atoms. The van der Waals surface area contributed by atoms with Gasteiger partial charge in [-0.25, -0.2) is 0 Å². The smallest absolute Gasteiger partial charge is 0.261 e. The van der Waals surface area contributed by atoms with Crippen molar-refractivity contribution in [1.29, 1.82) is 0 Å². The molecule has 3 fully saturated rings. The first-order chi connectivity index (χ1) is 10.2. The van der Waals surface area contributed by atoms with E-state index in [4.69, 9.17) is 4.52 Å². The van der Waals surface area contributed by atoms with Crippen molar-refractivity contribution in [2.24, 2.45) is 0 Å². The lowest BCUT2D eigenvalue weighted by atomic mass is 10.1. The van der Waals surface area contributed by atoms with Crippen LogP contribution in [0.2, 0.25) is 0 Å². The number of benzene rings is 1. The Bertz CT molecular complexity index is 664. The van der Waals surface area contributed by atoms with Crippen LogP contribution in [0.1, 0.15) is 11.9 Å². The van der Waals surface area contributed by atoms with Crippen LogP contribution in [0, 0.1) is 0 Å². The van der Waals surface area contributed by atoms with Gasteiger partial charge in [-0.2, -0.15) is 4.98 Å². The highest BCUT2D eigenvalue weighted by molar-refractivity contribution is 5.64. The molecule has 3 aliphatic rings. The van der Waals surface area contributed by atoms with Gasteiger partial charge in [-0.15, -0.1) is 0 Å². The molecule has 21 heavy (non-hydrogen) atoms. The monoisotopic (exact) mass is 288 g/mol. The number of rotatable bonds is 2. The molecule has 2 bridgehead atoms. The number of hydrogen-bond acceptors (Lipinski definition) is 7. The number of nitrogens with zero attached hydrogens (tertiary/aromatic N) is 4. The van der Waals surface area contributed by atoms with Crippen LogP contribution < -0.4 is 0 Å². The Hall–Kier alpha value is -2.12. The number of hydrogen-bond donors (Lipinski definition) is 2. The highest BCUT2D eigenvalue weighted by Gasteiger charge is 2.35. The van der Waals surface area contributed by atoms with E-state index in [1.807, 2.05) is 0 Å². The fraction of sp³-hybridized carbons (Fsp3) is 0.429. The quantitative estimate of drug-likeness (QED) is 0.791. The molecule has 7 heteroatoms. The third-order valence-electron chi connectivity index (χ3n) is 4.23. The van der Waals surface area contributed by atoms with Crippen LogP contribution in [-0.2, 0) is 0 Å². The lowest BCUT2D eigenvalue weighted by Gasteiger charge is -2.46. The molecule has 110 valence electrons. The van der Waals surface area contributed by atoms with Crippen LogP contribution in [0.3, 0.4) is 0 Å². The molecule has 0 radical (unpaired) electrons. The summed E-state index contributed by atoms with van der Waals surface area (Å²) in [5, 5.41) is 23.4. The Morgan fingerprint density at radius 2 is 1.95 bits per heavy atom. The third-order valence-corrected chi connectivity index (χ3v) is 4.23. The molecular formula is C14H16N4O3. The summed E-state index contributed by atoms with van der Waals surface area (Å²) < 4.78 is 5.27. The molecule has 0 saturated carbocycles. The van der Waals surface area contributed by atoms with Crippen molar-refractivity contribution in [3.8, 4) is 23.0 Å². The number of fused-ring (bicyclic) bond motifs is 3. The van der Waals surface area contributed by atoms with Crippen molar-refractivity contribution in [2.75, 3.05) is 32.7 Å². The van der Waals surface area contributed by atoms with E-state index < -0.39 is 0 Å². The second kappa shape index (κ2) is 4.71. The molecule has 7 nitrogen and oxygen atoms in total. The Morgan fingerprint density at radius 1 is 1.14 bits per heavy atom. The van der Waals surface area contributed by atoms with E-state index in [1.165, 1.54) is 18.2 Å². The summed E-state index contributed by atoms with van der Waals surface area (Å²) in [6.07, 6.45) is 0. The number of phenolic OH excluding ortho intramolecular Hbond substituents is 2. The highest BCUT2D eigenvalue weighted by Crippen LogP contribution is 2.33. The van der Waals surface area contributed by atoms with Crippen LogP contribution in [0.5, 0.6) is 11.5 Å². The van der Waals surface area contributed by atoms with Crippen LogP contribution in [0.25, 0.3) is 11.5 Å². The van der Waals surface area contributed by atoms with Crippen LogP contribution in [-0.4, -0.2) is 62.9 Å². The normalized spacial score (nSPS) is 27.9. The van der Waals surface area contributed by atoms with E-state index in [1.54, 1.807) is 0 Å². The second-order valence-electron chi connectivity index (χ2n) is 5.51. The zero-order valence-corrected chi connectivity index (χ0v) is 11.4. The summed E-state index contributed by atoms with van der Waals surface area (Å²) >= 11 is 0. The Balaban J connectivity index is 1.65. The first-order valence-electron chi connectivity index (χ1n) is 7.03. The van der Waals surface area contributed by atoms with E-state index in [0.29, 0.717) is 11.4 Å². The van der Waals surface area contributed by atoms with E-state index >= 15 is 0 Å². The van der Waals surface area contributed by atoms with Gasteiger partial charge in [-0.3, -0.25) is 9.80 Å². The predicted molar refractivity (Wildman–Crippen MR) is 73.8 cm³/mol. The molecule has 4 heterocycles. The first kappa shape index (κ1) is 12.6. The summed E-state index contributed by atoms with van der Waals surface area (Å²) in [7, 11) is 0. The molecule has 3 aliphatic heterocycles. The van der Waals surface area contributed by atoms with Gasteiger partial charge in [0.1, 0.15) is 11.5 Å². The van der Waals surface area contributed by atoms with Crippen molar-refractivity contribution in [3.05, 3.63) is 24.0 Å². The summed E-state index contributed by atoms with van der Waals surface area (Å²) in [5.41, 5.74) is 0.352. The number of piperazine rings is 3. The lowest BCUT2D eigenvalue weighted by Crippen LogP contribution is -2.57. The molecule has 0 aliphatic carbocycles. The lowest BCUT2D eigenvalue weighted by molar-refractivity contribution is 0.00781. The molecule has 1 atom stereocenters. The van der Waals surface area contributed by atoms with Crippen LogP contribution >= 0.6 is 0 Å². The van der Waals surface area contributed by atoms with Crippen LogP contribution in [0.4, 0.5) is 0 Å². The standard InChI is InChI=1S/C14H16N4O3/c19-9-1-2-12(20)10(7-9)14-15-13(16-21-14)11-8-17-3-5-18(11)6-4-17/h1-2,7,11,19-20H,3-6,8H2. The molecule has 0 amide bonds. The van der Waals surface area contributed by atoms with Gasteiger partial charge < -0.3 is 14.7 Å². The number of aromatic hydroxyl groups is 2. The predicted octanol–water partition coefficient (Wildman–Crippen LogP) is 0.820. The van der Waals surface area contributed by atoms with Gasteiger partial charge in [-0.1, -0.05) is 5.16 Å². The fourth-order valence-electron chi connectivity index (χ4n) is 3.04. The first-order valence-corrected chi connectivity index (χ1v) is 7.03. The molecule has 1 unspecified atom stereocenters. The Morgan fingerprint density at radius 3 is 2.67 bits per heavy atom. The summed E-state index contributed by atoms with van der Waals surface area (Å²) in [5.74, 6) is 0.930. The minimum absolute atomic E-state index is 0.0113. The summed E-state index contributed by atoms with van der Waals surface area (Å²) in [6.45, 7) is 5.13. The van der Waals surface area contributed by atoms with Crippen molar-refractivity contribution in [2.45, 2.75) is 6.04 Å². The second-order valence-corrected chi connectivity index (χ2v) is 5.51. The molecule has 5 rings (SSSR count). The molecule has 2 N–H and O–H groups in total. The minimum Gasteiger partial charge on any atom is -0.508 e. The average Bonchev–Trinajstić information content (AvgIpc) is 3.00. The van der Waals surface area contributed by atoms with Gasteiger partial charge in [0.2, 0.25) is 0 Å². The van der Waals surface area contributed by atoms with E-state index in [0.717, 1.165) is 32.7 Å². The molecule has 3 saturated heterocycles. The minimum atomic E-state index is 0.0113. The van der Waals surface area contributed by atoms with Gasteiger partial charge >= 0.3 is 0 Å². The van der Waals surface area contributed by atoms with Crippen molar-refractivity contribution < 1.29 is 14.7 Å². The summed E-state index contributed by atoms with van der Waals surface area (Å²) in [6, 6.07) is 4.38. The van der Waals surface area contributed by atoms with Crippen molar-refractivity contribution in [1.82, 2.24) is 19.9 Å². The maximum atomic E-state index is 9.86. The van der Waals surface area contributed by atoms with E-state index in [2.05, 4.69) is 19.9 Å². The Labute approximate surface area is 121 Å². The summed E-state index contributed by atoms with van der Waals surface area (Å²) in [4.78, 5) is 9.16. The number of aromatic nitrogens is 2. The third kappa shape index (κ3) is 2.14. The topological polar surface area (TPSA) is 85.9 Å². The van der Waals surface area contributed by atoms with Crippen molar-refractivity contribution in [3.63, 3.8) is 0 Å². The molecule has 2 aromatic rings. The highest BCUT2D eigenvalue weighted by atomic mass is 16.5. The maximum Gasteiger partial charge on any atom is 0.261 e. The zero-order chi connectivity index (χ0) is 14.4. The van der Waals surface area contributed by atoms with Gasteiger partial charge in [0.15, 0.2) is 5.82 Å². The largest absolute Gasteiger partial charge is 0.508 e. The van der Waals surface area contributed by atoms with Gasteiger partial charge in [0.25, 0.3) is 5.89 Å². The van der Waals surface area contributed by atoms with Crippen LogP contribution in [0.15, 0.2) is 22.7 Å². The van der Waals surface area contributed by atoms with E-state index in [9.17, 15) is 10.2 Å². The maximum absolute atomic E-state index is 9.86. The molecule has 1 aromatic carbocycles. The SMILES string of the molecule is Oc1ccc(O)c(-c2nc(C3CN4CCN3CC4)no2)c1. The van der Waals surface area contributed by atoms with Gasteiger partial charge in [0, 0.05) is 32.7 Å². The molecular weight excluding hydrogens is 272 g/mol. The average molecular weight is 288 g/mol. The van der Waals surface area contributed by atoms with Crippen molar-refractivity contribution >= 4 is 0 Å². The van der Waals surface area contributed by atoms with E-state index in [-0.39, 0.29) is 23.4 Å².